The zero-order chi connectivity index (χ0) is 11.6. The van der Waals surface area contributed by atoms with Crippen LogP contribution in [0.2, 0.25) is 0 Å². The molecule has 0 aliphatic carbocycles. The van der Waals surface area contributed by atoms with Gasteiger partial charge in [0.15, 0.2) is 4.90 Å². The average molecular weight is 295 g/mol. The molecular formula is C7H7BrN2O4S. The van der Waals surface area contributed by atoms with Crippen LogP contribution in [0, 0.1) is 10.1 Å². The highest BCUT2D eigenvalue weighted by atomic mass is 79.9. The molecule has 0 unspecified atom stereocenters. The van der Waals surface area contributed by atoms with Gasteiger partial charge >= 0.3 is 0 Å². The number of benzene rings is 1. The van der Waals surface area contributed by atoms with Crippen molar-refractivity contribution < 1.29 is 13.3 Å². The van der Waals surface area contributed by atoms with E-state index in [2.05, 4.69) is 15.9 Å². The molecule has 0 aliphatic rings. The number of nitrogens with zero attached hydrogens (tertiary/aromatic N) is 1. The first-order valence-corrected chi connectivity index (χ1v) is 6.39. The van der Waals surface area contributed by atoms with Crippen LogP contribution in [0.25, 0.3) is 0 Å². The SMILES string of the molecule is NS(=O)(=O)c1cccc(CBr)c1[N+](=O)[O-]. The van der Waals surface area contributed by atoms with Crippen LogP contribution in [0.5, 0.6) is 0 Å². The van der Waals surface area contributed by atoms with Gasteiger partial charge in [-0.05, 0) is 6.07 Å². The highest BCUT2D eigenvalue weighted by Crippen LogP contribution is 2.28. The third-order valence-corrected chi connectivity index (χ3v) is 3.26. The summed E-state index contributed by atoms with van der Waals surface area (Å²) in [5.41, 5.74) is -0.205. The number of hydrogen-bond donors (Lipinski definition) is 1. The Kier molecular flexibility index (Phi) is 3.42. The maximum Gasteiger partial charge on any atom is 0.293 e. The second-order valence-electron chi connectivity index (χ2n) is 2.70. The number of hydrogen-bond acceptors (Lipinski definition) is 4. The van der Waals surface area contributed by atoms with Crippen molar-refractivity contribution in [2.45, 2.75) is 10.2 Å². The molecule has 82 valence electrons. The Hall–Kier alpha value is -0.990. The van der Waals surface area contributed by atoms with E-state index in [1.807, 2.05) is 0 Å². The van der Waals surface area contributed by atoms with Gasteiger partial charge in [-0.1, -0.05) is 28.1 Å². The van der Waals surface area contributed by atoms with E-state index >= 15 is 0 Å². The van der Waals surface area contributed by atoms with E-state index in [-0.39, 0.29) is 10.9 Å². The van der Waals surface area contributed by atoms with Gasteiger partial charge < -0.3 is 0 Å². The van der Waals surface area contributed by atoms with Crippen LogP contribution in [0.1, 0.15) is 5.56 Å². The van der Waals surface area contributed by atoms with E-state index in [4.69, 9.17) is 5.14 Å². The summed E-state index contributed by atoms with van der Waals surface area (Å²) in [4.78, 5) is 9.49. The Morgan fingerprint density at radius 3 is 2.47 bits per heavy atom. The summed E-state index contributed by atoms with van der Waals surface area (Å²) in [6, 6.07) is 3.98. The fourth-order valence-electron chi connectivity index (χ4n) is 1.11. The second-order valence-corrected chi connectivity index (χ2v) is 4.79. The van der Waals surface area contributed by atoms with Crippen molar-refractivity contribution in [3.05, 3.63) is 33.9 Å². The fourth-order valence-corrected chi connectivity index (χ4v) is 2.31. The summed E-state index contributed by atoms with van der Waals surface area (Å²) < 4.78 is 22.2. The van der Waals surface area contributed by atoms with Crippen molar-refractivity contribution in [2.75, 3.05) is 0 Å². The van der Waals surface area contributed by atoms with Gasteiger partial charge in [-0.25, -0.2) is 13.6 Å². The minimum atomic E-state index is -4.07. The molecule has 6 nitrogen and oxygen atoms in total. The molecule has 2 N–H and O–H groups in total. The zero-order valence-electron chi connectivity index (χ0n) is 7.38. The average Bonchev–Trinajstić information content (AvgIpc) is 2.15. The molecule has 0 spiro atoms. The predicted molar refractivity (Wildman–Crippen MR) is 57.1 cm³/mol. The van der Waals surface area contributed by atoms with Gasteiger partial charge in [0.2, 0.25) is 10.0 Å². The molecule has 0 saturated heterocycles. The Morgan fingerprint density at radius 2 is 2.07 bits per heavy atom. The van der Waals surface area contributed by atoms with Crippen molar-refractivity contribution in [1.82, 2.24) is 0 Å². The standard InChI is InChI=1S/C7H7BrN2O4S/c8-4-5-2-1-3-6(15(9,13)14)7(5)10(11)12/h1-3H,4H2,(H2,9,13,14). The van der Waals surface area contributed by atoms with E-state index in [9.17, 15) is 18.5 Å². The summed E-state index contributed by atoms with van der Waals surface area (Å²) >= 11 is 3.04. The summed E-state index contributed by atoms with van der Waals surface area (Å²) in [5.74, 6) is 0. The minimum absolute atomic E-state index is 0.187. The van der Waals surface area contributed by atoms with Crippen LogP contribution >= 0.6 is 15.9 Å². The van der Waals surface area contributed by atoms with Crippen LogP contribution in [0.3, 0.4) is 0 Å². The molecule has 8 heteroatoms. The Balaban J connectivity index is 3.60. The maximum atomic E-state index is 11.1. The third-order valence-electron chi connectivity index (χ3n) is 1.72. The van der Waals surface area contributed by atoms with E-state index in [1.165, 1.54) is 12.1 Å². The normalized spacial score (nSPS) is 11.3. The number of nitro benzene ring substituents is 1. The number of alkyl halides is 1. The summed E-state index contributed by atoms with van der Waals surface area (Å²) in [6.07, 6.45) is 0. The molecule has 0 fully saturated rings. The smallest absolute Gasteiger partial charge is 0.258 e. The minimum Gasteiger partial charge on any atom is -0.258 e. The molecule has 0 amide bonds. The van der Waals surface area contributed by atoms with E-state index in [0.717, 1.165) is 6.07 Å². The van der Waals surface area contributed by atoms with Gasteiger partial charge in [0.1, 0.15) is 0 Å². The van der Waals surface area contributed by atoms with Crippen LogP contribution in [0.15, 0.2) is 23.1 Å². The monoisotopic (exact) mass is 294 g/mol. The molecule has 0 heterocycles. The lowest BCUT2D eigenvalue weighted by molar-refractivity contribution is -0.388. The zero-order valence-corrected chi connectivity index (χ0v) is 9.79. The Labute approximate surface area is 94.4 Å². The summed E-state index contributed by atoms with van der Waals surface area (Å²) in [7, 11) is -4.07. The second kappa shape index (κ2) is 4.25. The number of halogens is 1. The first-order valence-electron chi connectivity index (χ1n) is 3.73. The third kappa shape index (κ3) is 2.52. The van der Waals surface area contributed by atoms with Gasteiger partial charge in [-0.3, -0.25) is 10.1 Å². The topological polar surface area (TPSA) is 103 Å². The molecule has 0 bridgehead atoms. The van der Waals surface area contributed by atoms with Gasteiger partial charge in [0.05, 0.1) is 4.92 Å². The number of rotatable bonds is 3. The van der Waals surface area contributed by atoms with Crippen molar-refractivity contribution in [3.63, 3.8) is 0 Å². The van der Waals surface area contributed by atoms with Crippen LogP contribution in [0.4, 0.5) is 5.69 Å². The van der Waals surface area contributed by atoms with Crippen LogP contribution < -0.4 is 5.14 Å². The highest BCUT2D eigenvalue weighted by Gasteiger charge is 2.25. The lowest BCUT2D eigenvalue weighted by Crippen LogP contribution is -2.15. The summed E-state index contributed by atoms with van der Waals surface area (Å²) in [6.45, 7) is 0. The number of nitrogens with two attached hydrogens (primary N) is 1. The first kappa shape index (κ1) is 12.1. The molecule has 0 aliphatic heterocycles. The Morgan fingerprint density at radius 1 is 1.47 bits per heavy atom. The van der Waals surface area contributed by atoms with E-state index in [1.54, 1.807) is 0 Å². The lowest BCUT2D eigenvalue weighted by atomic mass is 10.2. The molecule has 0 radical (unpaired) electrons. The van der Waals surface area contributed by atoms with Crippen molar-refractivity contribution >= 4 is 31.6 Å². The van der Waals surface area contributed by atoms with Crippen LogP contribution in [-0.2, 0) is 15.4 Å². The number of nitro groups is 1. The number of primary sulfonamides is 1. The molecule has 0 saturated carbocycles. The van der Waals surface area contributed by atoms with Crippen molar-refractivity contribution in [1.29, 1.82) is 0 Å². The van der Waals surface area contributed by atoms with Crippen LogP contribution in [-0.4, -0.2) is 13.3 Å². The Bertz CT molecular complexity index is 500. The van der Waals surface area contributed by atoms with Gasteiger partial charge in [-0.2, -0.15) is 0 Å². The highest BCUT2D eigenvalue weighted by molar-refractivity contribution is 9.08. The maximum absolute atomic E-state index is 11.1. The molecule has 1 aromatic rings. The van der Waals surface area contributed by atoms with E-state index in [0.29, 0.717) is 0 Å². The van der Waals surface area contributed by atoms with E-state index < -0.39 is 25.5 Å². The number of para-hydroxylation sites is 1. The van der Waals surface area contributed by atoms with Gasteiger partial charge in [0.25, 0.3) is 5.69 Å². The molecule has 0 aromatic heterocycles. The van der Waals surface area contributed by atoms with Crippen molar-refractivity contribution in [3.8, 4) is 0 Å². The molecule has 1 aromatic carbocycles. The summed E-state index contributed by atoms with van der Waals surface area (Å²) in [5, 5.41) is 15.8. The van der Waals surface area contributed by atoms with Gasteiger partial charge in [0, 0.05) is 10.9 Å². The fraction of sp³-hybridized carbons (Fsp3) is 0.143. The largest absolute Gasteiger partial charge is 0.293 e. The van der Waals surface area contributed by atoms with Crippen molar-refractivity contribution in [2.24, 2.45) is 5.14 Å². The molecule has 1 rings (SSSR count). The molecule has 15 heavy (non-hydrogen) atoms. The molecular weight excluding hydrogens is 288 g/mol. The first-order chi connectivity index (χ1) is 6.88. The lowest BCUT2D eigenvalue weighted by Gasteiger charge is -2.03. The predicted octanol–water partition coefficient (Wildman–Crippen LogP) is 1.14. The molecule has 0 atom stereocenters. The van der Waals surface area contributed by atoms with Gasteiger partial charge in [-0.15, -0.1) is 0 Å². The quantitative estimate of drug-likeness (QED) is 0.513. The number of sulfonamides is 1.